The summed E-state index contributed by atoms with van der Waals surface area (Å²) in [5.74, 6) is 0.543. The summed E-state index contributed by atoms with van der Waals surface area (Å²) in [4.78, 5) is 18.9. The van der Waals surface area contributed by atoms with Crippen LogP contribution < -0.4 is 10.1 Å². The number of benzene rings is 1. The number of fused-ring (bicyclic) bond motifs is 1. The summed E-state index contributed by atoms with van der Waals surface area (Å²) in [6.45, 7) is 4.09. The number of nitrogens with zero attached hydrogens (tertiary/aromatic N) is 3. The van der Waals surface area contributed by atoms with E-state index >= 15 is 0 Å². The maximum atomic E-state index is 13.1. The van der Waals surface area contributed by atoms with Gasteiger partial charge in [0, 0.05) is 11.7 Å². The topological polar surface area (TPSA) is 69.0 Å². The second-order valence-corrected chi connectivity index (χ2v) is 7.58. The first-order valence-electron chi connectivity index (χ1n) is 8.94. The Morgan fingerprint density at radius 2 is 2.00 bits per heavy atom. The molecule has 0 atom stereocenters. The van der Waals surface area contributed by atoms with Crippen LogP contribution in [0.1, 0.15) is 30.2 Å². The normalized spacial score (nSPS) is 11.1. The number of carbonyl (C=O) groups is 1. The van der Waals surface area contributed by atoms with Crippen molar-refractivity contribution in [3.63, 3.8) is 0 Å². The highest BCUT2D eigenvalue weighted by molar-refractivity contribution is 7.13. The molecule has 0 aliphatic rings. The zero-order valence-electron chi connectivity index (χ0n) is 15.8. The number of nitrogens with one attached hydrogen (secondary N) is 1. The molecular formula is C21H20N4O2S. The molecule has 0 fully saturated rings. The van der Waals surface area contributed by atoms with E-state index in [1.54, 1.807) is 24.6 Å². The van der Waals surface area contributed by atoms with Crippen LogP contribution in [0.25, 0.3) is 21.6 Å². The number of hydrogen-bond donors (Lipinski definition) is 1. The van der Waals surface area contributed by atoms with Gasteiger partial charge in [0.2, 0.25) is 0 Å². The fourth-order valence-electron chi connectivity index (χ4n) is 3.01. The van der Waals surface area contributed by atoms with E-state index in [9.17, 15) is 4.79 Å². The largest absolute Gasteiger partial charge is 0.497 e. The van der Waals surface area contributed by atoms with Crippen molar-refractivity contribution in [3.05, 3.63) is 59.6 Å². The molecule has 28 heavy (non-hydrogen) atoms. The van der Waals surface area contributed by atoms with E-state index in [-0.39, 0.29) is 11.9 Å². The van der Waals surface area contributed by atoms with Crippen molar-refractivity contribution in [2.75, 3.05) is 12.4 Å². The third-order valence-electron chi connectivity index (χ3n) is 4.42. The maximum absolute atomic E-state index is 13.1. The van der Waals surface area contributed by atoms with Crippen LogP contribution in [0.15, 0.2) is 54.0 Å². The summed E-state index contributed by atoms with van der Waals surface area (Å²) in [5.41, 5.74) is 2.73. The van der Waals surface area contributed by atoms with Gasteiger partial charge in [-0.25, -0.2) is 9.67 Å². The molecule has 6 nitrogen and oxygen atoms in total. The average molecular weight is 392 g/mol. The molecule has 0 bridgehead atoms. The summed E-state index contributed by atoms with van der Waals surface area (Å²) in [7, 11) is 1.61. The van der Waals surface area contributed by atoms with Gasteiger partial charge >= 0.3 is 0 Å². The zero-order chi connectivity index (χ0) is 19.7. The van der Waals surface area contributed by atoms with E-state index in [4.69, 9.17) is 9.72 Å². The molecule has 1 aromatic carbocycles. The molecule has 3 heterocycles. The van der Waals surface area contributed by atoms with Crippen LogP contribution in [0, 0.1) is 0 Å². The van der Waals surface area contributed by atoms with Crippen LogP contribution in [0.5, 0.6) is 5.75 Å². The van der Waals surface area contributed by atoms with Crippen LogP contribution in [0.3, 0.4) is 0 Å². The van der Waals surface area contributed by atoms with E-state index < -0.39 is 0 Å². The smallest absolute Gasteiger partial charge is 0.256 e. The highest BCUT2D eigenvalue weighted by atomic mass is 32.1. The first kappa shape index (κ1) is 18.2. The summed E-state index contributed by atoms with van der Waals surface area (Å²) in [6, 6.07) is 13.2. The molecule has 4 rings (SSSR count). The van der Waals surface area contributed by atoms with Crippen LogP contribution in [0.2, 0.25) is 0 Å². The van der Waals surface area contributed by atoms with Gasteiger partial charge in [-0.1, -0.05) is 6.07 Å². The SMILES string of the molecule is COc1ccc(NC(=O)c2cc(-c3cccs3)nc3c2cnn3C(C)C)cc1. The minimum Gasteiger partial charge on any atom is -0.497 e. The maximum Gasteiger partial charge on any atom is 0.256 e. The molecule has 142 valence electrons. The number of hydrogen-bond acceptors (Lipinski definition) is 5. The number of methoxy groups -OCH3 is 1. The third-order valence-corrected chi connectivity index (χ3v) is 5.31. The lowest BCUT2D eigenvalue weighted by Gasteiger charge is -2.11. The Morgan fingerprint density at radius 1 is 1.21 bits per heavy atom. The minimum absolute atomic E-state index is 0.140. The molecule has 0 saturated heterocycles. The van der Waals surface area contributed by atoms with Gasteiger partial charge in [-0.15, -0.1) is 11.3 Å². The number of aromatic nitrogens is 3. The standard InChI is InChI=1S/C21H20N4O2S/c1-13(2)25-20-17(12-22-25)16(11-18(24-20)19-5-4-10-28-19)21(26)23-14-6-8-15(27-3)9-7-14/h4-13H,1-3H3,(H,23,26). The lowest BCUT2D eigenvalue weighted by atomic mass is 10.1. The van der Waals surface area contributed by atoms with Crippen molar-refractivity contribution in [3.8, 4) is 16.3 Å². The molecule has 0 aliphatic carbocycles. The molecule has 0 spiro atoms. The zero-order valence-corrected chi connectivity index (χ0v) is 16.7. The number of pyridine rings is 1. The Hall–Kier alpha value is -3.19. The van der Waals surface area contributed by atoms with Gasteiger partial charge in [0.15, 0.2) is 5.65 Å². The van der Waals surface area contributed by atoms with Crippen molar-refractivity contribution < 1.29 is 9.53 Å². The molecule has 0 unspecified atom stereocenters. The second kappa shape index (κ2) is 7.44. The highest BCUT2D eigenvalue weighted by Crippen LogP contribution is 2.29. The molecule has 0 saturated carbocycles. The van der Waals surface area contributed by atoms with Crippen molar-refractivity contribution in [1.29, 1.82) is 0 Å². The lowest BCUT2D eigenvalue weighted by molar-refractivity contribution is 0.102. The highest BCUT2D eigenvalue weighted by Gasteiger charge is 2.19. The average Bonchev–Trinajstić information content (AvgIpc) is 3.37. The van der Waals surface area contributed by atoms with Crippen molar-refractivity contribution in [1.82, 2.24) is 14.8 Å². The van der Waals surface area contributed by atoms with Crippen molar-refractivity contribution in [2.45, 2.75) is 19.9 Å². The van der Waals surface area contributed by atoms with Gasteiger partial charge in [0.05, 0.1) is 34.8 Å². The quantitative estimate of drug-likeness (QED) is 0.519. The van der Waals surface area contributed by atoms with E-state index in [0.717, 1.165) is 21.7 Å². The molecular weight excluding hydrogens is 372 g/mol. The van der Waals surface area contributed by atoms with E-state index in [2.05, 4.69) is 10.4 Å². The number of carbonyl (C=O) groups excluding carboxylic acids is 1. The van der Waals surface area contributed by atoms with Crippen molar-refractivity contribution in [2.24, 2.45) is 0 Å². The Labute approximate surface area is 166 Å². The van der Waals surface area contributed by atoms with E-state index in [0.29, 0.717) is 16.9 Å². The van der Waals surface area contributed by atoms with Gasteiger partial charge in [-0.05, 0) is 55.6 Å². The predicted octanol–water partition coefficient (Wildman–Crippen LogP) is 5.00. The predicted molar refractivity (Wildman–Crippen MR) is 112 cm³/mol. The second-order valence-electron chi connectivity index (χ2n) is 6.64. The van der Waals surface area contributed by atoms with Gasteiger partial charge < -0.3 is 10.1 Å². The number of ether oxygens (including phenoxy) is 1. The summed E-state index contributed by atoms with van der Waals surface area (Å²) in [5, 5.41) is 10.1. The van der Waals surface area contributed by atoms with E-state index in [1.165, 1.54) is 0 Å². The van der Waals surface area contributed by atoms with E-state index in [1.807, 2.05) is 66.4 Å². The third kappa shape index (κ3) is 3.36. The Balaban J connectivity index is 1.78. The number of rotatable bonds is 5. The van der Waals surface area contributed by atoms with Crippen LogP contribution in [0.4, 0.5) is 5.69 Å². The van der Waals surface area contributed by atoms with Crippen LogP contribution >= 0.6 is 11.3 Å². The van der Waals surface area contributed by atoms with Gasteiger partial charge in [-0.2, -0.15) is 5.10 Å². The summed E-state index contributed by atoms with van der Waals surface area (Å²) < 4.78 is 7.01. The van der Waals surface area contributed by atoms with Gasteiger partial charge in [0.1, 0.15) is 5.75 Å². The molecule has 1 N–H and O–H groups in total. The van der Waals surface area contributed by atoms with Gasteiger partial charge in [-0.3, -0.25) is 4.79 Å². The summed E-state index contributed by atoms with van der Waals surface area (Å²) >= 11 is 1.59. The molecule has 4 aromatic rings. The minimum atomic E-state index is -0.196. The van der Waals surface area contributed by atoms with Gasteiger partial charge in [0.25, 0.3) is 5.91 Å². The monoisotopic (exact) mass is 392 g/mol. The number of anilines is 1. The number of thiophene rings is 1. The summed E-state index contributed by atoms with van der Waals surface area (Å²) in [6.07, 6.45) is 1.71. The van der Waals surface area contributed by atoms with Crippen LogP contribution in [-0.4, -0.2) is 27.8 Å². The Kier molecular flexibility index (Phi) is 4.83. The molecule has 0 radical (unpaired) electrons. The number of amides is 1. The lowest BCUT2D eigenvalue weighted by Crippen LogP contribution is -2.13. The Morgan fingerprint density at radius 3 is 2.64 bits per heavy atom. The fraction of sp³-hybridized carbons (Fsp3) is 0.190. The van der Waals surface area contributed by atoms with Crippen molar-refractivity contribution >= 4 is 34.0 Å². The molecule has 0 aliphatic heterocycles. The molecule has 1 amide bonds. The molecule has 7 heteroatoms. The first-order chi connectivity index (χ1) is 13.6. The first-order valence-corrected chi connectivity index (χ1v) is 9.82. The van der Waals surface area contributed by atoms with Crippen LogP contribution in [-0.2, 0) is 0 Å². The fourth-order valence-corrected chi connectivity index (χ4v) is 3.69. The molecule has 3 aromatic heterocycles. The Bertz CT molecular complexity index is 1120.